The quantitative estimate of drug-likeness (QED) is 0.268. The molecule has 0 N–H and O–H groups in total. The van der Waals surface area contributed by atoms with Gasteiger partial charge in [0.1, 0.15) is 0 Å². The molecule has 0 saturated heterocycles. The molecule has 1 fully saturated rings. The van der Waals surface area contributed by atoms with Crippen LogP contribution in [0.5, 0.6) is 0 Å². The molecule has 0 amide bonds. The molecule has 0 radical (unpaired) electrons. The minimum absolute atomic E-state index is 0.286. The fourth-order valence-corrected chi connectivity index (χ4v) is 6.60. The third-order valence-electron chi connectivity index (χ3n) is 7.36. The van der Waals surface area contributed by atoms with Crippen molar-refractivity contribution in [2.45, 2.75) is 97.4 Å². The SMILES string of the molecule is C[C@H](CC=C(Br)Br)C1=CCC[C@H]2[C@@H](O[Si](C)(C)C(C)(C)C)CCC[C@]12C. The van der Waals surface area contributed by atoms with E-state index in [9.17, 15) is 0 Å². The van der Waals surface area contributed by atoms with Crippen LogP contribution in [0.3, 0.4) is 0 Å². The smallest absolute Gasteiger partial charge is 0.192 e. The van der Waals surface area contributed by atoms with Gasteiger partial charge >= 0.3 is 0 Å². The standard InChI is InChI=1S/C22H38Br2OSi/c1-16(13-14-20(23)24)17-10-8-11-18-19(12-9-15-22(17,18)5)25-26(6,7)21(2,3)4/h10,14,16,18-19H,8-9,11-13,15H2,1-7H3/t16-,18+,19+,22-/m1/s1. The van der Waals surface area contributed by atoms with E-state index in [4.69, 9.17) is 4.43 Å². The molecule has 4 heteroatoms. The van der Waals surface area contributed by atoms with E-state index in [1.165, 1.54) is 32.1 Å². The van der Waals surface area contributed by atoms with E-state index in [0.29, 0.717) is 23.4 Å². The number of rotatable bonds is 5. The van der Waals surface area contributed by atoms with Gasteiger partial charge in [-0.2, -0.15) is 0 Å². The molecule has 1 saturated carbocycles. The van der Waals surface area contributed by atoms with Crippen molar-refractivity contribution in [1.82, 2.24) is 0 Å². The summed E-state index contributed by atoms with van der Waals surface area (Å²) in [6.45, 7) is 16.9. The molecule has 2 aliphatic carbocycles. The van der Waals surface area contributed by atoms with E-state index in [0.717, 1.165) is 9.81 Å². The number of allylic oxidation sites excluding steroid dienone is 3. The Balaban J connectivity index is 2.23. The maximum Gasteiger partial charge on any atom is 0.192 e. The summed E-state index contributed by atoms with van der Waals surface area (Å²) in [7, 11) is -1.72. The Morgan fingerprint density at radius 2 is 2.00 bits per heavy atom. The first-order chi connectivity index (χ1) is 11.9. The maximum absolute atomic E-state index is 6.99. The summed E-state index contributed by atoms with van der Waals surface area (Å²) in [5, 5.41) is 0.286. The first kappa shape index (κ1) is 22.9. The first-order valence-electron chi connectivity index (χ1n) is 10.3. The lowest BCUT2D eigenvalue weighted by molar-refractivity contribution is -0.00501. The van der Waals surface area contributed by atoms with Crippen molar-refractivity contribution in [3.05, 3.63) is 21.1 Å². The highest BCUT2D eigenvalue weighted by atomic mass is 79.9. The van der Waals surface area contributed by atoms with Crippen LogP contribution in [0.15, 0.2) is 21.1 Å². The van der Waals surface area contributed by atoms with E-state index >= 15 is 0 Å². The van der Waals surface area contributed by atoms with Crippen LogP contribution < -0.4 is 0 Å². The van der Waals surface area contributed by atoms with Gasteiger partial charge in [0.15, 0.2) is 8.32 Å². The van der Waals surface area contributed by atoms with Crippen LogP contribution in [-0.2, 0) is 4.43 Å². The Hall–Kier alpha value is 0.617. The molecular formula is C22H38Br2OSi. The monoisotopic (exact) mass is 504 g/mol. The summed E-state index contributed by atoms with van der Waals surface area (Å²) in [5.74, 6) is 1.28. The van der Waals surface area contributed by atoms with Gasteiger partial charge < -0.3 is 4.43 Å². The van der Waals surface area contributed by atoms with Crippen molar-refractivity contribution in [2.75, 3.05) is 0 Å². The lowest BCUT2D eigenvalue weighted by Crippen LogP contribution is -2.51. The van der Waals surface area contributed by atoms with Gasteiger partial charge in [0.05, 0.1) is 3.39 Å². The summed E-state index contributed by atoms with van der Waals surface area (Å²) >= 11 is 7.03. The minimum atomic E-state index is -1.72. The Kier molecular flexibility index (Phi) is 7.53. The van der Waals surface area contributed by atoms with Crippen LogP contribution in [0.1, 0.15) is 73.1 Å². The molecule has 0 aliphatic heterocycles. The molecule has 26 heavy (non-hydrogen) atoms. The normalized spacial score (nSPS) is 31.0. The summed E-state index contributed by atoms with van der Waals surface area (Å²) in [6.07, 6.45) is 12.7. The third-order valence-corrected chi connectivity index (χ3v) is 12.5. The molecule has 2 aliphatic rings. The molecule has 4 atom stereocenters. The molecule has 150 valence electrons. The van der Waals surface area contributed by atoms with Crippen molar-refractivity contribution in [3.63, 3.8) is 0 Å². The number of fused-ring (bicyclic) bond motifs is 1. The molecule has 0 aromatic carbocycles. The average Bonchev–Trinajstić information content (AvgIpc) is 2.50. The van der Waals surface area contributed by atoms with E-state index in [1.807, 2.05) is 0 Å². The molecule has 0 aromatic rings. The van der Waals surface area contributed by atoms with Crippen molar-refractivity contribution in [3.8, 4) is 0 Å². The molecule has 0 bridgehead atoms. The van der Waals surface area contributed by atoms with Crippen LogP contribution in [-0.4, -0.2) is 14.4 Å². The Morgan fingerprint density at radius 3 is 2.58 bits per heavy atom. The summed E-state index contributed by atoms with van der Waals surface area (Å²) in [5.41, 5.74) is 2.00. The Morgan fingerprint density at radius 1 is 1.35 bits per heavy atom. The molecule has 1 nitrogen and oxygen atoms in total. The van der Waals surface area contributed by atoms with Crippen LogP contribution in [0.4, 0.5) is 0 Å². The topological polar surface area (TPSA) is 9.23 Å². The summed E-state index contributed by atoms with van der Waals surface area (Å²) < 4.78 is 8.06. The fourth-order valence-electron chi connectivity index (χ4n) is 4.83. The van der Waals surface area contributed by atoms with E-state index in [-0.39, 0.29) is 5.04 Å². The molecule has 0 aromatic heterocycles. The third kappa shape index (κ3) is 4.96. The first-order valence-corrected chi connectivity index (χ1v) is 14.8. The number of halogens is 2. The van der Waals surface area contributed by atoms with Gasteiger partial charge in [-0.15, -0.1) is 0 Å². The summed E-state index contributed by atoms with van der Waals surface area (Å²) in [4.78, 5) is 0. The predicted octanol–water partition coefficient (Wildman–Crippen LogP) is 8.56. The molecular weight excluding hydrogens is 468 g/mol. The van der Waals surface area contributed by atoms with Crippen molar-refractivity contribution >= 4 is 40.2 Å². The lowest BCUT2D eigenvalue weighted by atomic mass is 9.56. The van der Waals surface area contributed by atoms with Gasteiger partial charge in [-0.3, -0.25) is 0 Å². The lowest BCUT2D eigenvalue weighted by Gasteiger charge is -2.53. The van der Waals surface area contributed by atoms with E-state index < -0.39 is 8.32 Å². The second kappa shape index (κ2) is 8.55. The fraction of sp³-hybridized carbons (Fsp3) is 0.818. The van der Waals surface area contributed by atoms with Crippen LogP contribution >= 0.6 is 31.9 Å². The van der Waals surface area contributed by atoms with Crippen molar-refractivity contribution < 1.29 is 4.43 Å². The zero-order valence-electron chi connectivity index (χ0n) is 17.8. The van der Waals surface area contributed by atoms with Crippen molar-refractivity contribution in [1.29, 1.82) is 0 Å². The zero-order valence-corrected chi connectivity index (χ0v) is 22.0. The van der Waals surface area contributed by atoms with Crippen molar-refractivity contribution in [2.24, 2.45) is 17.3 Å². The predicted molar refractivity (Wildman–Crippen MR) is 125 cm³/mol. The zero-order chi connectivity index (χ0) is 19.8. The highest BCUT2D eigenvalue weighted by molar-refractivity contribution is 9.28. The van der Waals surface area contributed by atoms with Gasteiger partial charge in [-0.1, -0.05) is 58.8 Å². The van der Waals surface area contributed by atoms with Gasteiger partial charge in [0, 0.05) is 6.10 Å². The number of hydrogen-bond donors (Lipinski definition) is 0. The Labute approximate surface area is 179 Å². The van der Waals surface area contributed by atoms with E-state index in [1.54, 1.807) is 5.57 Å². The van der Waals surface area contributed by atoms with Gasteiger partial charge in [0.2, 0.25) is 0 Å². The molecule has 0 spiro atoms. The maximum atomic E-state index is 6.99. The van der Waals surface area contributed by atoms with Gasteiger partial charge in [-0.25, -0.2) is 0 Å². The van der Waals surface area contributed by atoms with Crippen LogP contribution in [0, 0.1) is 17.3 Å². The molecule has 2 rings (SSSR count). The molecule has 0 heterocycles. The highest BCUT2D eigenvalue weighted by Gasteiger charge is 2.49. The van der Waals surface area contributed by atoms with E-state index in [2.05, 4.69) is 91.7 Å². The average molecular weight is 506 g/mol. The summed E-state index contributed by atoms with van der Waals surface area (Å²) in [6, 6.07) is 0. The minimum Gasteiger partial charge on any atom is -0.414 e. The van der Waals surface area contributed by atoms with Gasteiger partial charge in [0.25, 0.3) is 0 Å². The Bertz CT molecular complexity index is 557. The highest BCUT2D eigenvalue weighted by Crippen LogP contribution is 2.55. The second-order valence-electron chi connectivity index (χ2n) is 10.2. The molecule has 0 unspecified atom stereocenters. The number of hydrogen-bond acceptors (Lipinski definition) is 1. The largest absolute Gasteiger partial charge is 0.414 e. The van der Waals surface area contributed by atoms with Crippen LogP contribution in [0.25, 0.3) is 0 Å². The van der Waals surface area contributed by atoms with Crippen LogP contribution in [0.2, 0.25) is 18.1 Å². The second-order valence-corrected chi connectivity index (χ2v) is 17.7. The van der Waals surface area contributed by atoms with Gasteiger partial charge in [-0.05, 0) is 99.3 Å².